The first-order chi connectivity index (χ1) is 6.79. The molecule has 1 aromatic heterocycles. The molecule has 14 heavy (non-hydrogen) atoms. The van der Waals surface area contributed by atoms with Crippen LogP contribution in [0.2, 0.25) is 0 Å². The monoisotopic (exact) mass is 213 g/mol. The third-order valence-corrected chi connectivity index (χ3v) is 3.12. The van der Waals surface area contributed by atoms with Gasteiger partial charge in [0.2, 0.25) is 5.13 Å². The van der Waals surface area contributed by atoms with Gasteiger partial charge in [-0.15, -0.1) is 0 Å². The first-order valence-electron chi connectivity index (χ1n) is 5.04. The van der Waals surface area contributed by atoms with E-state index in [-0.39, 0.29) is 6.10 Å². The highest BCUT2D eigenvalue weighted by atomic mass is 32.1. The lowest BCUT2D eigenvalue weighted by molar-refractivity contribution is 0.164. The fourth-order valence-electron chi connectivity index (χ4n) is 1.31. The van der Waals surface area contributed by atoms with E-state index in [1.807, 2.05) is 6.92 Å². The molecule has 1 atom stereocenters. The van der Waals surface area contributed by atoms with Gasteiger partial charge in [0.05, 0.1) is 6.10 Å². The summed E-state index contributed by atoms with van der Waals surface area (Å²) in [7, 11) is 0. The Morgan fingerprint density at radius 2 is 2.43 bits per heavy atom. The Hall–Kier alpha value is -0.680. The molecule has 78 valence electrons. The number of anilines is 1. The number of aliphatic hydroxyl groups is 1. The van der Waals surface area contributed by atoms with Gasteiger partial charge in [0.1, 0.15) is 5.82 Å². The number of hydrogen-bond donors (Lipinski definition) is 2. The number of nitrogens with one attached hydrogen (secondary N) is 1. The molecule has 4 nitrogen and oxygen atoms in total. The summed E-state index contributed by atoms with van der Waals surface area (Å²) >= 11 is 1.36. The van der Waals surface area contributed by atoms with Gasteiger partial charge >= 0.3 is 0 Å². The van der Waals surface area contributed by atoms with Crippen molar-refractivity contribution in [3.63, 3.8) is 0 Å². The van der Waals surface area contributed by atoms with Crippen molar-refractivity contribution in [1.29, 1.82) is 0 Å². The molecule has 1 heterocycles. The summed E-state index contributed by atoms with van der Waals surface area (Å²) in [6.45, 7) is 2.63. The highest BCUT2D eigenvalue weighted by Gasteiger charge is 2.29. The largest absolute Gasteiger partial charge is 0.391 e. The molecule has 0 bridgehead atoms. The zero-order valence-corrected chi connectivity index (χ0v) is 9.05. The fourth-order valence-corrected chi connectivity index (χ4v) is 1.96. The molecule has 0 radical (unpaired) electrons. The van der Waals surface area contributed by atoms with Gasteiger partial charge in [-0.3, -0.25) is 0 Å². The van der Waals surface area contributed by atoms with Crippen LogP contribution < -0.4 is 5.32 Å². The van der Waals surface area contributed by atoms with Crippen LogP contribution in [-0.4, -0.2) is 27.1 Å². The van der Waals surface area contributed by atoms with Crippen molar-refractivity contribution in [3.05, 3.63) is 5.82 Å². The number of aliphatic hydroxyl groups excluding tert-OH is 1. The summed E-state index contributed by atoms with van der Waals surface area (Å²) in [6, 6.07) is 0. The molecule has 0 spiro atoms. The van der Waals surface area contributed by atoms with Crippen molar-refractivity contribution in [3.8, 4) is 0 Å². The maximum Gasteiger partial charge on any atom is 0.202 e. The summed E-state index contributed by atoms with van der Waals surface area (Å²) in [4.78, 5) is 4.27. The lowest BCUT2D eigenvalue weighted by Crippen LogP contribution is -2.21. The van der Waals surface area contributed by atoms with E-state index < -0.39 is 0 Å². The highest BCUT2D eigenvalue weighted by molar-refractivity contribution is 7.09. The van der Waals surface area contributed by atoms with Crippen LogP contribution in [0.15, 0.2) is 0 Å². The molecule has 0 aromatic carbocycles. The van der Waals surface area contributed by atoms with E-state index in [2.05, 4.69) is 14.7 Å². The molecule has 1 aliphatic carbocycles. The molecule has 2 N–H and O–H groups in total. The van der Waals surface area contributed by atoms with Crippen LogP contribution >= 0.6 is 11.5 Å². The van der Waals surface area contributed by atoms with Gasteiger partial charge in [0.25, 0.3) is 0 Å². The standard InChI is InChI=1S/C9H15N3OS/c1-2-8-11-9(14-12-8)10-5-7(13)6-3-4-6/h6-7,13H,2-5H2,1H3,(H,10,11,12). The van der Waals surface area contributed by atoms with Gasteiger partial charge in [-0.05, 0) is 18.8 Å². The van der Waals surface area contributed by atoms with Crippen molar-refractivity contribution in [2.24, 2.45) is 5.92 Å². The lowest BCUT2D eigenvalue weighted by Gasteiger charge is -2.08. The van der Waals surface area contributed by atoms with E-state index in [1.54, 1.807) is 0 Å². The fraction of sp³-hybridized carbons (Fsp3) is 0.778. The summed E-state index contributed by atoms with van der Waals surface area (Å²) in [5, 5.41) is 13.5. The van der Waals surface area contributed by atoms with Crippen LogP contribution in [0.5, 0.6) is 0 Å². The maximum atomic E-state index is 9.61. The number of rotatable bonds is 5. The van der Waals surface area contributed by atoms with Gasteiger partial charge in [0.15, 0.2) is 0 Å². The van der Waals surface area contributed by atoms with Crippen molar-refractivity contribution in [1.82, 2.24) is 9.36 Å². The minimum absolute atomic E-state index is 0.219. The van der Waals surface area contributed by atoms with Gasteiger partial charge in [-0.2, -0.15) is 4.37 Å². The second-order valence-corrected chi connectivity index (χ2v) is 4.41. The molecule has 1 aliphatic rings. The predicted octanol–water partition coefficient (Wildman–Crippen LogP) is 1.28. The molecular weight excluding hydrogens is 198 g/mol. The first kappa shape index (κ1) is 9.86. The Labute approximate surface area is 87.5 Å². The Kier molecular flexibility index (Phi) is 2.98. The van der Waals surface area contributed by atoms with Crippen molar-refractivity contribution in [2.75, 3.05) is 11.9 Å². The average Bonchev–Trinajstić information content (AvgIpc) is 2.94. The smallest absolute Gasteiger partial charge is 0.202 e. The molecule has 1 unspecified atom stereocenters. The number of nitrogens with zero attached hydrogens (tertiary/aromatic N) is 2. The van der Waals surface area contributed by atoms with Crippen molar-refractivity contribution >= 4 is 16.7 Å². The second-order valence-electron chi connectivity index (χ2n) is 3.65. The van der Waals surface area contributed by atoms with Gasteiger partial charge in [-0.25, -0.2) is 4.98 Å². The summed E-state index contributed by atoms with van der Waals surface area (Å²) in [5.41, 5.74) is 0. The molecule has 0 saturated heterocycles. The molecule has 0 aliphatic heterocycles. The highest BCUT2D eigenvalue weighted by Crippen LogP contribution is 2.32. The molecule has 5 heteroatoms. The first-order valence-corrected chi connectivity index (χ1v) is 5.81. The van der Waals surface area contributed by atoms with E-state index in [0.29, 0.717) is 12.5 Å². The normalized spacial score (nSPS) is 18.1. The molecular formula is C9H15N3OS. The molecule has 0 amide bonds. The van der Waals surface area contributed by atoms with Crippen LogP contribution in [-0.2, 0) is 6.42 Å². The van der Waals surface area contributed by atoms with E-state index >= 15 is 0 Å². The Morgan fingerprint density at radius 1 is 1.64 bits per heavy atom. The van der Waals surface area contributed by atoms with Crippen LogP contribution in [0, 0.1) is 5.92 Å². The maximum absolute atomic E-state index is 9.61. The second kappa shape index (κ2) is 4.23. The topological polar surface area (TPSA) is 58.0 Å². The summed E-state index contributed by atoms with van der Waals surface area (Å²) < 4.78 is 4.16. The van der Waals surface area contributed by atoms with Gasteiger partial charge < -0.3 is 10.4 Å². The zero-order chi connectivity index (χ0) is 9.97. The lowest BCUT2D eigenvalue weighted by atomic mass is 10.2. The quantitative estimate of drug-likeness (QED) is 0.773. The van der Waals surface area contributed by atoms with E-state index in [4.69, 9.17) is 0 Å². The third-order valence-electron chi connectivity index (χ3n) is 2.41. The summed E-state index contributed by atoms with van der Waals surface area (Å²) in [5.74, 6) is 1.39. The molecule has 1 fully saturated rings. The number of hydrogen-bond acceptors (Lipinski definition) is 5. The number of aryl methyl sites for hydroxylation is 1. The minimum atomic E-state index is -0.219. The van der Waals surface area contributed by atoms with E-state index in [1.165, 1.54) is 24.4 Å². The van der Waals surface area contributed by atoms with Crippen LogP contribution in [0.3, 0.4) is 0 Å². The van der Waals surface area contributed by atoms with Gasteiger partial charge in [-0.1, -0.05) is 6.92 Å². The van der Waals surface area contributed by atoms with Crippen molar-refractivity contribution < 1.29 is 5.11 Å². The molecule has 1 aromatic rings. The molecule has 2 rings (SSSR count). The van der Waals surface area contributed by atoms with Crippen molar-refractivity contribution in [2.45, 2.75) is 32.3 Å². The van der Waals surface area contributed by atoms with E-state index in [9.17, 15) is 5.11 Å². The van der Waals surface area contributed by atoms with E-state index in [0.717, 1.165) is 17.4 Å². The Balaban J connectivity index is 1.78. The number of aromatic nitrogens is 2. The van der Waals surface area contributed by atoms with Gasteiger partial charge in [0, 0.05) is 24.5 Å². The molecule has 1 saturated carbocycles. The average molecular weight is 213 g/mol. The van der Waals surface area contributed by atoms with Crippen LogP contribution in [0.4, 0.5) is 5.13 Å². The zero-order valence-electron chi connectivity index (χ0n) is 8.23. The van der Waals surface area contributed by atoms with Crippen LogP contribution in [0.1, 0.15) is 25.6 Å². The van der Waals surface area contributed by atoms with Crippen LogP contribution in [0.25, 0.3) is 0 Å². The Morgan fingerprint density at radius 3 is 3.00 bits per heavy atom. The predicted molar refractivity (Wildman–Crippen MR) is 56.5 cm³/mol. The third kappa shape index (κ3) is 2.42. The summed E-state index contributed by atoms with van der Waals surface area (Å²) in [6.07, 6.45) is 2.98. The minimum Gasteiger partial charge on any atom is -0.391 e. The Bertz CT molecular complexity index is 298. The SMILES string of the molecule is CCc1nsc(NCC(O)C2CC2)n1.